The van der Waals surface area contributed by atoms with Gasteiger partial charge in [0.2, 0.25) is 0 Å². The molecule has 11 heavy (non-hydrogen) atoms. The van der Waals surface area contributed by atoms with E-state index in [1.54, 1.807) is 11.0 Å². The highest BCUT2D eigenvalue weighted by atomic mass is 35.5. The van der Waals surface area contributed by atoms with E-state index >= 15 is 0 Å². The SMILES string of the molecule is Cl.c1nnnn1C1CCNC1. The Morgan fingerprint density at radius 1 is 1.55 bits per heavy atom. The number of hydrogen-bond acceptors (Lipinski definition) is 4. The van der Waals surface area contributed by atoms with Gasteiger partial charge in [0, 0.05) is 6.54 Å². The van der Waals surface area contributed by atoms with Crippen LogP contribution in [-0.2, 0) is 0 Å². The van der Waals surface area contributed by atoms with E-state index in [4.69, 9.17) is 0 Å². The zero-order chi connectivity index (χ0) is 6.81. The third kappa shape index (κ3) is 1.66. The normalized spacial score (nSPS) is 23.1. The molecule has 2 rings (SSSR count). The van der Waals surface area contributed by atoms with Crippen molar-refractivity contribution in [2.24, 2.45) is 0 Å². The van der Waals surface area contributed by atoms with Crippen LogP contribution in [0.15, 0.2) is 6.33 Å². The molecule has 0 amide bonds. The van der Waals surface area contributed by atoms with Crippen LogP contribution in [0.4, 0.5) is 0 Å². The summed E-state index contributed by atoms with van der Waals surface area (Å²) in [6.45, 7) is 2.07. The third-order valence-electron chi connectivity index (χ3n) is 1.77. The molecule has 62 valence electrons. The Bertz CT molecular complexity index is 193. The van der Waals surface area contributed by atoms with Crippen molar-refractivity contribution < 1.29 is 0 Å². The molecule has 6 heteroatoms. The summed E-state index contributed by atoms with van der Waals surface area (Å²) in [6, 6.07) is 0.468. The van der Waals surface area contributed by atoms with Crippen molar-refractivity contribution in [2.45, 2.75) is 12.5 Å². The molecule has 0 aliphatic carbocycles. The minimum atomic E-state index is 0. The Kier molecular flexibility index (Phi) is 2.78. The van der Waals surface area contributed by atoms with Crippen molar-refractivity contribution in [3.63, 3.8) is 0 Å². The van der Waals surface area contributed by atoms with Crippen molar-refractivity contribution in [1.82, 2.24) is 25.5 Å². The van der Waals surface area contributed by atoms with Crippen LogP contribution in [-0.4, -0.2) is 33.3 Å². The quantitative estimate of drug-likeness (QED) is 0.633. The topological polar surface area (TPSA) is 55.6 Å². The summed E-state index contributed by atoms with van der Waals surface area (Å²) in [4.78, 5) is 0. The summed E-state index contributed by atoms with van der Waals surface area (Å²) < 4.78 is 1.81. The van der Waals surface area contributed by atoms with Gasteiger partial charge in [0.05, 0.1) is 6.04 Å². The molecule has 1 aliphatic heterocycles. The van der Waals surface area contributed by atoms with Crippen LogP contribution in [0, 0.1) is 0 Å². The first kappa shape index (κ1) is 8.42. The molecule has 1 fully saturated rings. The third-order valence-corrected chi connectivity index (χ3v) is 1.77. The lowest BCUT2D eigenvalue weighted by atomic mass is 10.3. The fraction of sp³-hybridized carbons (Fsp3) is 0.800. The first-order valence-electron chi connectivity index (χ1n) is 3.40. The fourth-order valence-electron chi connectivity index (χ4n) is 1.20. The zero-order valence-corrected chi connectivity index (χ0v) is 6.79. The van der Waals surface area contributed by atoms with Crippen molar-refractivity contribution >= 4 is 12.4 Å². The lowest BCUT2D eigenvalue weighted by Gasteiger charge is -2.04. The van der Waals surface area contributed by atoms with E-state index in [0.29, 0.717) is 6.04 Å². The first-order valence-corrected chi connectivity index (χ1v) is 3.40. The predicted octanol–water partition coefficient (Wildman–Crippen LogP) is -0.371. The molecule has 1 aromatic rings. The van der Waals surface area contributed by atoms with Gasteiger partial charge in [-0.3, -0.25) is 0 Å². The van der Waals surface area contributed by atoms with Crippen LogP contribution < -0.4 is 5.32 Å². The fourth-order valence-corrected chi connectivity index (χ4v) is 1.20. The standard InChI is InChI=1S/C5H9N5.ClH/c1-2-6-3-5(1)10-4-7-8-9-10;/h4-6H,1-3H2;1H. The number of hydrogen-bond donors (Lipinski definition) is 1. The molecule has 1 aromatic heterocycles. The molecular formula is C5H10ClN5. The minimum Gasteiger partial charge on any atom is -0.315 e. The molecule has 2 heterocycles. The molecule has 1 N–H and O–H groups in total. The van der Waals surface area contributed by atoms with Gasteiger partial charge in [0.1, 0.15) is 6.33 Å². The molecule has 0 radical (unpaired) electrons. The Balaban J connectivity index is 0.000000605. The lowest BCUT2D eigenvalue weighted by Crippen LogP contribution is -2.13. The summed E-state index contributed by atoms with van der Waals surface area (Å²) in [5.41, 5.74) is 0. The zero-order valence-electron chi connectivity index (χ0n) is 5.97. The highest BCUT2D eigenvalue weighted by Gasteiger charge is 2.16. The second-order valence-corrected chi connectivity index (χ2v) is 2.44. The van der Waals surface area contributed by atoms with Gasteiger partial charge in [0.25, 0.3) is 0 Å². The van der Waals surface area contributed by atoms with Gasteiger partial charge in [-0.15, -0.1) is 17.5 Å². The smallest absolute Gasteiger partial charge is 0.138 e. The van der Waals surface area contributed by atoms with Gasteiger partial charge in [-0.2, -0.15) is 0 Å². The Morgan fingerprint density at radius 3 is 3.00 bits per heavy atom. The first-order chi connectivity index (χ1) is 4.97. The second kappa shape index (κ2) is 3.64. The van der Waals surface area contributed by atoms with Gasteiger partial charge in [-0.25, -0.2) is 4.68 Å². The van der Waals surface area contributed by atoms with Crippen LogP contribution in [0.3, 0.4) is 0 Å². The van der Waals surface area contributed by atoms with Gasteiger partial charge in [-0.1, -0.05) is 0 Å². The molecule has 0 aromatic carbocycles. The maximum absolute atomic E-state index is 3.81. The Labute approximate surface area is 70.6 Å². The van der Waals surface area contributed by atoms with Crippen LogP contribution >= 0.6 is 12.4 Å². The highest BCUT2D eigenvalue weighted by molar-refractivity contribution is 5.85. The van der Waals surface area contributed by atoms with Gasteiger partial charge >= 0.3 is 0 Å². The number of aromatic nitrogens is 4. The van der Waals surface area contributed by atoms with E-state index in [1.165, 1.54) is 0 Å². The molecule has 0 saturated carbocycles. The summed E-state index contributed by atoms with van der Waals surface area (Å²) in [7, 11) is 0. The van der Waals surface area contributed by atoms with Crippen molar-refractivity contribution in [3.05, 3.63) is 6.33 Å². The van der Waals surface area contributed by atoms with Gasteiger partial charge < -0.3 is 5.32 Å². The summed E-state index contributed by atoms with van der Waals surface area (Å²) in [6.07, 6.45) is 2.79. The van der Waals surface area contributed by atoms with Crippen LogP contribution in [0.25, 0.3) is 0 Å². The van der Waals surface area contributed by atoms with Crippen LogP contribution in [0.1, 0.15) is 12.5 Å². The number of nitrogens with one attached hydrogen (secondary N) is 1. The number of halogens is 1. The van der Waals surface area contributed by atoms with E-state index < -0.39 is 0 Å². The Hall–Kier alpha value is -0.680. The molecule has 1 saturated heterocycles. The molecule has 1 atom stereocenters. The maximum atomic E-state index is 3.81. The van der Waals surface area contributed by atoms with Crippen LogP contribution in [0.5, 0.6) is 0 Å². The monoisotopic (exact) mass is 175 g/mol. The molecule has 0 bridgehead atoms. The van der Waals surface area contributed by atoms with Gasteiger partial charge in [0.15, 0.2) is 0 Å². The van der Waals surface area contributed by atoms with E-state index in [-0.39, 0.29) is 12.4 Å². The summed E-state index contributed by atoms with van der Waals surface area (Å²) >= 11 is 0. The van der Waals surface area contributed by atoms with E-state index in [0.717, 1.165) is 19.5 Å². The predicted molar refractivity (Wildman–Crippen MR) is 41.6 cm³/mol. The molecule has 0 spiro atoms. The Morgan fingerprint density at radius 2 is 2.45 bits per heavy atom. The largest absolute Gasteiger partial charge is 0.315 e. The second-order valence-electron chi connectivity index (χ2n) is 2.44. The van der Waals surface area contributed by atoms with Gasteiger partial charge in [-0.05, 0) is 23.4 Å². The molecule has 5 nitrogen and oxygen atoms in total. The van der Waals surface area contributed by atoms with Crippen LogP contribution in [0.2, 0.25) is 0 Å². The number of nitrogens with zero attached hydrogens (tertiary/aromatic N) is 4. The average Bonchev–Trinajstić information content (AvgIpc) is 2.59. The van der Waals surface area contributed by atoms with E-state index in [1.807, 2.05) is 0 Å². The molecule has 1 aliphatic rings. The van der Waals surface area contributed by atoms with E-state index in [2.05, 4.69) is 20.8 Å². The number of rotatable bonds is 1. The summed E-state index contributed by atoms with van der Waals surface area (Å²) in [5.74, 6) is 0. The van der Waals surface area contributed by atoms with Crippen molar-refractivity contribution in [1.29, 1.82) is 0 Å². The number of tetrazole rings is 1. The molecular weight excluding hydrogens is 166 g/mol. The van der Waals surface area contributed by atoms with E-state index in [9.17, 15) is 0 Å². The van der Waals surface area contributed by atoms with Crippen molar-refractivity contribution in [2.75, 3.05) is 13.1 Å². The minimum absolute atomic E-state index is 0. The molecule has 1 unspecified atom stereocenters. The highest BCUT2D eigenvalue weighted by Crippen LogP contribution is 2.10. The maximum Gasteiger partial charge on any atom is 0.138 e. The van der Waals surface area contributed by atoms with Crippen molar-refractivity contribution in [3.8, 4) is 0 Å². The average molecular weight is 176 g/mol. The summed E-state index contributed by atoms with van der Waals surface area (Å²) in [5, 5.41) is 14.2. The lowest BCUT2D eigenvalue weighted by molar-refractivity contribution is 0.476.